The van der Waals surface area contributed by atoms with Crippen LogP contribution in [0.3, 0.4) is 0 Å². The van der Waals surface area contributed by atoms with Gasteiger partial charge in [0.25, 0.3) is 0 Å². The lowest BCUT2D eigenvalue weighted by Crippen LogP contribution is -2.43. The third-order valence-corrected chi connectivity index (χ3v) is 6.94. The van der Waals surface area contributed by atoms with Gasteiger partial charge in [0.2, 0.25) is 5.75 Å². The molecule has 0 amide bonds. The van der Waals surface area contributed by atoms with E-state index in [-0.39, 0.29) is 5.92 Å². The summed E-state index contributed by atoms with van der Waals surface area (Å²) in [6.07, 6.45) is 4.23. The first kappa shape index (κ1) is 23.6. The average Bonchev–Trinajstić information content (AvgIpc) is 2.90. The minimum Gasteiger partial charge on any atom is -0.493 e. The molecule has 7 heteroatoms. The fraction of sp³-hybridized carbons (Fsp3) is 0.444. The van der Waals surface area contributed by atoms with E-state index in [1.807, 2.05) is 24.3 Å². The summed E-state index contributed by atoms with van der Waals surface area (Å²) in [5.74, 6) is 2.97. The molecule has 0 spiro atoms. The van der Waals surface area contributed by atoms with Crippen LogP contribution in [0.1, 0.15) is 42.7 Å². The number of hydrogen-bond acceptors (Lipinski definition) is 7. The van der Waals surface area contributed by atoms with E-state index >= 15 is 0 Å². The average molecular weight is 465 g/mol. The Labute approximate surface area is 201 Å². The summed E-state index contributed by atoms with van der Waals surface area (Å²) in [5, 5.41) is 10.4. The normalized spacial score (nSPS) is 19.7. The van der Waals surface area contributed by atoms with Gasteiger partial charge in [-0.3, -0.25) is 0 Å². The number of hydrogen-bond donors (Lipinski definition) is 0. The Bertz CT molecular complexity index is 1120. The first-order valence-corrected chi connectivity index (χ1v) is 11.5. The van der Waals surface area contributed by atoms with Crippen molar-refractivity contribution in [1.82, 2.24) is 4.90 Å². The highest BCUT2D eigenvalue weighted by molar-refractivity contribution is 5.83. The van der Waals surface area contributed by atoms with Crippen LogP contribution in [0.5, 0.6) is 28.7 Å². The van der Waals surface area contributed by atoms with E-state index < -0.39 is 0 Å². The Morgan fingerprint density at radius 3 is 2.18 bits per heavy atom. The molecule has 2 aliphatic heterocycles. The number of fused-ring (bicyclic) bond motifs is 1. The van der Waals surface area contributed by atoms with Crippen molar-refractivity contribution in [3.63, 3.8) is 0 Å². The van der Waals surface area contributed by atoms with E-state index in [9.17, 15) is 5.26 Å². The molecule has 180 valence electrons. The molecule has 4 rings (SSSR count). The van der Waals surface area contributed by atoms with Gasteiger partial charge in [0.05, 0.1) is 35.5 Å². The van der Waals surface area contributed by atoms with E-state index in [1.54, 1.807) is 35.5 Å². The van der Waals surface area contributed by atoms with Gasteiger partial charge in [-0.15, -0.1) is 0 Å². The molecule has 2 heterocycles. The molecular weight excluding hydrogens is 432 g/mol. The highest BCUT2D eigenvalue weighted by atomic mass is 16.5. The molecule has 34 heavy (non-hydrogen) atoms. The summed E-state index contributed by atoms with van der Waals surface area (Å²) in [6, 6.07) is 12.7. The van der Waals surface area contributed by atoms with Crippen LogP contribution in [0.15, 0.2) is 36.0 Å². The molecule has 0 saturated carbocycles. The molecule has 2 aromatic carbocycles. The Hall–Kier alpha value is -3.53. The fourth-order valence-electron chi connectivity index (χ4n) is 5.38. The second-order valence-corrected chi connectivity index (χ2v) is 8.50. The van der Waals surface area contributed by atoms with Crippen LogP contribution < -0.4 is 23.7 Å². The second-order valence-electron chi connectivity index (χ2n) is 8.50. The summed E-state index contributed by atoms with van der Waals surface area (Å²) in [4.78, 5) is 2.28. The SMILES string of the molecule is COc1ccc([C@H]2C[C@H]3CCCCN3C(C#N)=C2c2ccc(OC)c(OC)c2OC)cc1OC. The van der Waals surface area contributed by atoms with E-state index in [0.29, 0.717) is 40.5 Å². The van der Waals surface area contributed by atoms with Crippen molar-refractivity contribution in [2.24, 2.45) is 0 Å². The first-order valence-electron chi connectivity index (χ1n) is 11.5. The maximum absolute atomic E-state index is 10.4. The maximum Gasteiger partial charge on any atom is 0.203 e. The van der Waals surface area contributed by atoms with Gasteiger partial charge in [-0.2, -0.15) is 5.26 Å². The van der Waals surface area contributed by atoms with Crippen molar-refractivity contribution in [2.45, 2.75) is 37.6 Å². The standard InChI is InChI=1S/C27H32N2O5/c1-30-22-11-9-17(14-24(22)32-3)20-15-18-8-6-7-13-29(18)21(16-28)25(20)19-10-12-23(31-2)27(34-5)26(19)33-4/h9-12,14,18,20H,6-8,13,15H2,1-5H3/t18-,20-/m1/s1. The van der Waals surface area contributed by atoms with Gasteiger partial charge in [0.15, 0.2) is 23.0 Å². The molecular formula is C27H32N2O5. The summed E-state index contributed by atoms with van der Waals surface area (Å²) in [6.45, 7) is 0.880. The van der Waals surface area contributed by atoms with Crippen molar-refractivity contribution in [2.75, 3.05) is 42.1 Å². The van der Waals surface area contributed by atoms with Gasteiger partial charge < -0.3 is 28.6 Å². The van der Waals surface area contributed by atoms with E-state index in [1.165, 1.54) is 6.42 Å². The lowest BCUT2D eigenvalue weighted by molar-refractivity contribution is 0.177. The Kier molecular flexibility index (Phi) is 7.06. The van der Waals surface area contributed by atoms with Crippen molar-refractivity contribution < 1.29 is 23.7 Å². The van der Waals surface area contributed by atoms with Crippen molar-refractivity contribution >= 4 is 5.57 Å². The topological polar surface area (TPSA) is 73.2 Å². The Morgan fingerprint density at radius 1 is 0.824 bits per heavy atom. The quantitative estimate of drug-likeness (QED) is 0.570. The minimum atomic E-state index is -0.0270. The largest absolute Gasteiger partial charge is 0.493 e. The molecule has 1 saturated heterocycles. The zero-order valence-electron chi connectivity index (χ0n) is 20.5. The predicted molar refractivity (Wildman–Crippen MR) is 130 cm³/mol. The van der Waals surface area contributed by atoms with Crippen LogP contribution in [0, 0.1) is 11.3 Å². The van der Waals surface area contributed by atoms with Crippen molar-refractivity contribution in [1.29, 1.82) is 5.26 Å². The summed E-state index contributed by atoms with van der Waals surface area (Å²) >= 11 is 0. The second kappa shape index (κ2) is 10.2. The Morgan fingerprint density at radius 2 is 1.53 bits per heavy atom. The third kappa shape index (κ3) is 3.98. The molecule has 1 fully saturated rings. The lowest BCUT2D eigenvalue weighted by atomic mass is 9.75. The lowest BCUT2D eigenvalue weighted by Gasteiger charge is -2.45. The molecule has 0 bridgehead atoms. The van der Waals surface area contributed by atoms with Gasteiger partial charge >= 0.3 is 0 Å². The fourth-order valence-corrected chi connectivity index (χ4v) is 5.38. The minimum absolute atomic E-state index is 0.0270. The van der Waals surface area contributed by atoms with Crippen LogP contribution in [-0.2, 0) is 0 Å². The molecule has 2 aromatic rings. The molecule has 7 nitrogen and oxygen atoms in total. The van der Waals surface area contributed by atoms with Gasteiger partial charge in [0.1, 0.15) is 11.8 Å². The highest BCUT2D eigenvalue weighted by Crippen LogP contribution is 2.52. The Balaban J connectivity index is 1.98. The summed E-state index contributed by atoms with van der Waals surface area (Å²) in [7, 11) is 8.08. The van der Waals surface area contributed by atoms with Crippen LogP contribution in [0.2, 0.25) is 0 Å². The number of nitrogens with zero attached hydrogens (tertiary/aromatic N) is 2. The van der Waals surface area contributed by atoms with Gasteiger partial charge in [-0.25, -0.2) is 0 Å². The molecule has 0 N–H and O–H groups in total. The van der Waals surface area contributed by atoms with Crippen LogP contribution >= 0.6 is 0 Å². The van der Waals surface area contributed by atoms with Gasteiger partial charge in [0, 0.05) is 29.6 Å². The number of ether oxygens (including phenoxy) is 5. The summed E-state index contributed by atoms with van der Waals surface area (Å²) in [5.41, 5.74) is 3.54. The van der Waals surface area contributed by atoms with Gasteiger partial charge in [-0.05, 0) is 55.5 Å². The van der Waals surface area contributed by atoms with Gasteiger partial charge in [-0.1, -0.05) is 6.07 Å². The van der Waals surface area contributed by atoms with Crippen LogP contribution in [0.4, 0.5) is 0 Å². The monoisotopic (exact) mass is 464 g/mol. The molecule has 0 aliphatic carbocycles. The third-order valence-electron chi connectivity index (χ3n) is 6.94. The molecule has 0 radical (unpaired) electrons. The smallest absolute Gasteiger partial charge is 0.203 e. The predicted octanol–water partition coefficient (Wildman–Crippen LogP) is 5.01. The maximum atomic E-state index is 10.4. The number of nitriles is 1. The number of benzene rings is 2. The van der Waals surface area contributed by atoms with Crippen LogP contribution in [0.25, 0.3) is 5.57 Å². The molecule has 2 atom stereocenters. The zero-order valence-corrected chi connectivity index (χ0v) is 20.5. The van der Waals surface area contributed by atoms with E-state index in [2.05, 4.69) is 17.0 Å². The molecule has 0 unspecified atom stereocenters. The van der Waals surface area contributed by atoms with Crippen molar-refractivity contribution in [3.8, 4) is 34.8 Å². The highest BCUT2D eigenvalue weighted by Gasteiger charge is 2.39. The zero-order chi connectivity index (χ0) is 24.2. The van der Waals surface area contributed by atoms with Crippen molar-refractivity contribution in [3.05, 3.63) is 47.2 Å². The number of allylic oxidation sites excluding steroid dienone is 2. The summed E-state index contributed by atoms with van der Waals surface area (Å²) < 4.78 is 28.1. The number of rotatable bonds is 7. The molecule has 0 aromatic heterocycles. The first-order chi connectivity index (χ1) is 16.6. The van der Waals surface area contributed by atoms with E-state index in [0.717, 1.165) is 42.5 Å². The number of piperidine rings is 1. The van der Waals surface area contributed by atoms with E-state index in [4.69, 9.17) is 23.7 Å². The molecule has 2 aliphatic rings. The number of methoxy groups -OCH3 is 5. The van der Waals surface area contributed by atoms with Crippen LogP contribution in [-0.4, -0.2) is 53.0 Å².